The standard InChI is InChI=1S/C17H12Cl2N2O3S/c18-12-6-8-16(19)15(10-12)17-9-7-13(24-17)11-20-21-25(22,23)14-4-2-1-3-5-14/h1-11,21H/b20-11-. The third-order valence-corrected chi connectivity index (χ3v) is 5.04. The SMILES string of the molecule is O=S(=O)(N/N=C\c1ccc(-c2cc(Cl)ccc2Cl)o1)c1ccccc1. The summed E-state index contributed by atoms with van der Waals surface area (Å²) in [5, 5.41) is 4.74. The zero-order valence-electron chi connectivity index (χ0n) is 12.7. The third-order valence-electron chi connectivity index (χ3n) is 3.24. The second-order valence-corrected chi connectivity index (χ2v) is 7.50. The first kappa shape index (κ1) is 17.5. The van der Waals surface area contributed by atoms with E-state index in [1.54, 1.807) is 48.5 Å². The van der Waals surface area contributed by atoms with Gasteiger partial charge in [-0.25, -0.2) is 0 Å². The number of benzene rings is 2. The zero-order chi connectivity index (χ0) is 17.9. The Morgan fingerprint density at radius 2 is 1.76 bits per heavy atom. The molecule has 8 heteroatoms. The monoisotopic (exact) mass is 394 g/mol. The number of hydrazone groups is 1. The lowest BCUT2D eigenvalue weighted by Gasteiger charge is -2.02. The van der Waals surface area contributed by atoms with Gasteiger partial charge in [0.2, 0.25) is 0 Å². The lowest BCUT2D eigenvalue weighted by Crippen LogP contribution is -2.18. The minimum Gasteiger partial charge on any atom is -0.455 e. The minimum atomic E-state index is -3.72. The highest BCUT2D eigenvalue weighted by molar-refractivity contribution is 7.89. The molecule has 0 atom stereocenters. The largest absolute Gasteiger partial charge is 0.455 e. The summed E-state index contributed by atoms with van der Waals surface area (Å²) in [4.78, 5) is 2.25. The molecule has 0 fully saturated rings. The Morgan fingerprint density at radius 1 is 1.00 bits per heavy atom. The quantitative estimate of drug-likeness (QED) is 0.508. The molecular weight excluding hydrogens is 383 g/mol. The van der Waals surface area contributed by atoms with Crippen molar-refractivity contribution >= 4 is 39.4 Å². The van der Waals surface area contributed by atoms with Crippen LogP contribution in [-0.4, -0.2) is 14.6 Å². The highest BCUT2D eigenvalue weighted by Gasteiger charge is 2.12. The van der Waals surface area contributed by atoms with Crippen LogP contribution in [0.4, 0.5) is 0 Å². The maximum Gasteiger partial charge on any atom is 0.276 e. The molecular formula is C17H12Cl2N2O3S. The average Bonchev–Trinajstić information content (AvgIpc) is 3.06. The molecule has 3 aromatic rings. The van der Waals surface area contributed by atoms with E-state index in [2.05, 4.69) is 9.93 Å². The van der Waals surface area contributed by atoms with E-state index in [0.29, 0.717) is 27.1 Å². The topological polar surface area (TPSA) is 71.7 Å². The van der Waals surface area contributed by atoms with Crippen LogP contribution in [0.3, 0.4) is 0 Å². The summed E-state index contributed by atoms with van der Waals surface area (Å²) < 4.78 is 29.7. The summed E-state index contributed by atoms with van der Waals surface area (Å²) in [6, 6.07) is 16.3. The summed E-state index contributed by atoms with van der Waals surface area (Å²) in [5.74, 6) is 0.863. The van der Waals surface area contributed by atoms with Crippen LogP contribution >= 0.6 is 23.2 Å². The van der Waals surface area contributed by atoms with E-state index in [1.807, 2.05) is 0 Å². The van der Waals surface area contributed by atoms with Gasteiger partial charge in [0, 0.05) is 10.6 Å². The Balaban J connectivity index is 1.75. The highest BCUT2D eigenvalue weighted by atomic mass is 35.5. The van der Waals surface area contributed by atoms with Gasteiger partial charge in [-0.15, -0.1) is 0 Å². The molecule has 3 rings (SSSR count). The van der Waals surface area contributed by atoms with E-state index in [-0.39, 0.29) is 4.90 Å². The molecule has 5 nitrogen and oxygen atoms in total. The Bertz CT molecular complexity index is 1020. The maximum atomic E-state index is 12.0. The number of nitrogens with one attached hydrogen (secondary N) is 1. The van der Waals surface area contributed by atoms with E-state index >= 15 is 0 Å². The van der Waals surface area contributed by atoms with Gasteiger partial charge < -0.3 is 4.42 Å². The van der Waals surface area contributed by atoms with Crippen molar-refractivity contribution in [2.45, 2.75) is 4.90 Å². The first-order chi connectivity index (χ1) is 12.0. The van der Waals surface area contributed by atoms with Crippen molar-refractivity contribution in [3.63, 3.8) is 0 Å². The fourth-order valence-electron chi connectivity index (χ4n) is 2.07. The molecule has 0 amide bonds. The second-order valence-electron chi connectivity index (χ2n) is 4.99. The normalized spacial score (nSPS) is 11.8. The molecule has 2 aromatic carbocycles. The number of furan rings is 1. The van der Waals surface area contributed by atoms with Crippen LogP contribution < -0.4 is 4.83 Å². The number of hydrogen-bond donors (Lipinski definition) is 1. The highest BCUT2D eigenvalue weighted by Crippen LogP contribution is 2.31. The molecule has 0 aliphatic carbocycles. The Kier molecular flexibility index (Phi) is 5.13. The lowest BCUT2D eigenvalue weighted by molar-refractivity contribution is 0.573. The van der Waals surface area contributed by atoms with Crippen LogP contribution in [0.2, 0.25) is 10.0 Å². The number of rotatable bonds is 5. The summed E-state index contributed by atoms with van der Waals surface area (Å²) in [7, 11) is -3.72. The van der Waals surface area contributed by atoms with Gasteiger partial charge >= 0.3 is 0 Å². The molecule has 0 aliphatic heterocycles. The van der Waals surface area contributed by atoms with Gasteiger partial charge in [0.05, 0.1) is 16.1 Å². The zero-order valence-corrected chi connectivity index (χ0v) is 15.0. The van der Waals surface area contributed by atoms with Gasteiger partial charge in [-0.1, -0.05) is 41.4 Å². The van der Waals surface area contributed by atoms with Crippen LogP contribution in [0.25, 0.3) is 11.3 Å². The minimum absolute atomic E-state index is 0.123. The van der Waals surface area contributed by atoms with Crippen LogP contribution in [0.5, 0.6) is 0 Å². The van der Waals surface area contributed by atoms with Gasteiger partial charge in [-0.3, -0.25) is 0 Å². The van der Waals surface area contributed by atoms with Crippen molar-refractivity contribution in [3.05, 3.63) is 76.5 Å². The maximum absolute atomic E-state index is 12.0. The van der Waals surface area contributed by atoms with Crippen molar-refractivity contribution < 1.29 is 12.8 Å². The van der Waals surface area contributed by atoms with Gasteiger partial charge in [-0.2, -0.15) is 18.4 Å². The van der Waals surface area contributed by atoms with Crippen LogP contribution in [-0.2, 0) is 10.0 Å². The predicted molar refractivity (Wildman–Crippen MR) is 98.5 cm³/mol. The fraction of sp³-hybridized carbons (Fsp3) is 0. The molecule has 128 valence electrons. The molecule has 0 spiro atoms. The van der Waals surface area contributed by atoms with Crippen molar-refractivity contribution in [1.29, 1.82) is 0 Å². The molecule has 1 aromatic heterocycles. The fourth-order valence-corrected chi connectivity index (χ4v) is 3.26. The average molecular weight is 395 g/mol. The van der Waals surface area contributed by atoms with E-state index in [4.69, 9.17) is 27.6 Å². The molecule has 0 saturated heterocycles. The molecule has 0 bridgehead atoms. The van der Waals surface area contributed by atoms with Crippen molar-refractivity contribution in [2.24, 2.45) is 5.10 Å². The van der Waals surface area contributed by atoms with E-state index in [1.165, 1.54) is 18.3 Å². The van der Waals surface area contributed by atoms with E-state index in [9.17, 15) is 8.42 Å². The molecule has 0 radical (unpaired) electrons. The number of sulfonamides is 1. The predicted octanol–water partition coefficient (Wildman–Crippen LogP) is 4.57. The Hall–Kier alpha value is -2.28. The summed E-state index contributed by atoms with van der Waals surface area (Å²) >= 11 is 12.1. The Morgan fingerprint density at radius 3 is 2.52 bits per heavy atom. The first-order valence-electron chi connectivity index (χ1n) is 7.11. The molecule has 0 unspecified atom stereocenters. The number of hydrogen-bond acceptors (Lipinski definition) is 4. The van der Waals surface area contributed by atoms with Gasteiger partial charge in [-0.05, 0) is 42.5 Å². The Labute approximate surface area is 154 Å². The molecule has 1 N–H and O–H groups in total. The lowest BCUT2D eigenvalue weighted by atomic mass is 10.2. The summed E-state index contributed by atoms with van der Waals surface area (Å²) in [6.07, 6.45) is 1.27. The van der Waals surface area contributed by atoms with Crippen molar-refractivity contribution in [3.8, 4) is 11.3 Å². The van der Waals surface area contributed by atoms with E-state index < -0.39 is 10.0 Å². The number of nitrogens with zero attached hydrogens (tertiary/aromatic N) is 1. The second kappa shape index (κ2) is 7.31. The van der Waals surface area contributed by atoms with Crippen molar-refractivity contribution in [1.82, 2.24) is 4.83 Å². The molecule has 25 heavy (non-hydrogen) atoms. The van der Waals surface area contributed by atoms with Crippen LogP contribution in [0.1, 0.15) is 5.76 Å². The van der Waals surface area contributed by atoms with Crippen LogP contribution in [0.15, 0.2) is 75.1 Å². The van der Waals surface area contributed by atoms with Gasteiger partial charge in [0.1, 0.15) is 11.5 Å². The van der Waals surface area contributed by atoms with Gasteiger partial charge in [0.25, 0.3) is 10.0 Å². The van der Waals surface area contributed by atoms with Crippen LogP contribution in [0, 0.1) is 0 Å². The first-order valence-corrected chi connectivity index (χ1v) is 9.35. The summed E-state index contributed by atoms with van der Waals surface area (Å²) in [5.41, 5.74) is 0.638. The molecule has 0 aliphatic rings. The van der Waals surface area contributed by atoms with Gasteiger partial charge in [0.15, 0.2) is 0 Å². The third kappa shape index (κ3) is 4.22. The summed E-state index contributed by atoms with van der Waals surface area (Å²) in [6.45, 7) is 0. The number of halogens is 2. The van der Waals surface area contributed by atoms with Crippen molar-refractivity contribution in [2.75, 3.05) is 0 Å². The molecule has 0 saturated carbocycles. The van der Waals surface area contributed by atoms with E-state index in [0.717, 1.165) is 0 Å². The smallest absolute Gasteiger partial charge is 0.276 e. The molecule has 1 heterocycles.